The van der Waals surface area contributed by atoms with Gasteiger partial charge >= 0.3 is 89.5 Å². The quantitative estimate of drug-likeness (QED) is 0.0154. The first-order chi connectivity index (χ1) is 44.6. The molecule has 9 rings (SSSR count). The van der Waals surface area contributed by atoms with Crippen LogP contribution in [0.2, 0.25) is 20.1 Å². The van der Waals surface area contributed by atoms with E-state index in [2.05, 4.69) is 106 Å². The van der Waals surface area contributed by atoms with Gasteiger partial charge in [0, 0.05) is 21.1 Å². The van der Waals surface area contributed by atoms with E-state index in [1.165, 1.54) is 81.1 Å². The molecule has 0 aliphatic rings. The molecule has 0 saturated carbocycles. The number of hydrogen-bond donors (Lipinski definition) is 9. The first-order valence-corrected chi connectivity index (χ1v) is 28.1. The summed E-state index contributed by atoms with van der Waals surface area (Å²) in [6, 6.07) is 7.49. The van der Waals surface area contributed by atoms with Crippen LogP contribution in [0.15, 0.2) is 89.0 Å². The van der Waals surface area contributed by atoms with Gasteiger partial charge in [0.15, 0.2) is 14.5 Å². The number of anilines is 6. The second-order valence-electron chi connectivity index (χ2n) is 15.8. The van der Waals surface area contributed by atoms with Gasteiger partial charge in [-0.2, -0.15) is 49.8 Å². The van der Waals surface area contributed by atoms with Crippen LogP contribution in [0.5, 0.6) is 18.0 Å². The number of ether oxygens (including phenoxy) is 3. The number of pyridine rings is 3. The summed E-state index contributed by atoms with van der Waals surface area (Å²) in [5.41, 5.74) is 5.83. The van der Waals surface area contributed by atoms with Crippen molar-refractivity contribution in [3.8, 4) is 35.9 Å². The molecule has 12 N–H and O–H groups in total. The number of nitrogens with one attached hydrogen (secondary N) is 3. The highest BCUT2D eigenvalue weighted by atomic mass is 35.5. The first-order valence-electron chi connectivity index (χ1n) is 25.5. The summed E-state index contributed by atoms with van der Waals surface area (Å²) in [5.74, 6) is -6.19. The van der Waals surface area contributed by atoms with Gasteiger partial charge in [-0.25, -0.2) is 28.1 Å². The molecule has 0 saturated heterocycles. The summed E-state index contributed by atoms with van der Waals surface area (Å²) in [4.78, 5) is 141. The lowest BCUT2D eigenvalue weighted by molar-refractivity contribution is -0.604. The average Bonchev–Trinajstić information content (AvgIpc) is 0.987. The minimum Gasteiger partial charge on any atom is -1.00 e. The average molecular weight is 1460 g/mol. The molecule has 9 aromatic rings. The van der Waals surface area contributed by atoms with E-state index in [0.717, 1.165) is 35.3 Å². The number of halogens is 6. The monoisotopic (exact) mass is 1460 g/mol. The van der Waals surface area contributed by atoms with Gasteiger partial charge in [0.25, 0.3) is 5.16 Å². The number of carbonyl (C=O) groups is 6. The number of carboxylic acids is 3. The number of aromatic nitrogens is 21. The number of nitrogens with zero attached hydrogens (tertiary/aromatic N) is 21. The zero-order chi connectivity index (χ0) is 67.1. The maximum Gasteiger partial charge on any atom is 0.446 e. The molecule has 9 aromatic heterocycles. The fraction of sp³-hybridized carbons (Fsp3) is 0.133. The van der Waals surface area contributed by atoms with E-state index in [-0.39, 0.29) is 168 Å². The predicted molar refractivity (Wildman–Crippen MR) is 310 cm³/mol. The van der Waals surface area contributed by atoms with Crippen molar-refractivity contribution in [2.24, 2.45) is 0 Å². The number of carboxylic acid groups (broad SMARTS) is 3. The molecule has 93 heavy (non-hydrogen) atoms. The summed E-state index contributed by atoms with van der Waals surface area (Å²) in [6.07, 6.45) is 8.36. The van der Waals surface area contributed by atoms with Gasteiger partial charge in [0.2, 0.25) is 33.7 Å². The number of hydrogen-bond acceptors (Lipinski definition) is 36. The zero-order valence-corrected chi connectivity index (χ0v) is 53.4. The molecule has 39 nitrogen and oxygen atoms in total. The standard InChI is InChI=1S/C21H16N10O6S.C15H12ClN9O4S.C9H8Cl2N8O2S.3ClH/c1-23-17-26-19(31-7-3-5-12(9-31)15(35)36)29-21(27-17)38-10-13(32)37-20-25-16(22)24-18(28-20)30-6-2-4-11(8-30)14(33)34;1-18-12-19-10(16)20-15(23-12)30-6-8(26)29-14-22-11(17)21-13(24-14)25-4-2-3-7(5-25)9(27)28;1-13-7-15-5(11)17-9(19-7)22-2-3(20)21-8-16-4(10)14-6(12)18-8;;;/h2-9H,10H2,1H3,(H3-2,22,23,24,25,26,27,28,29,33,34,35,36);2-5H,6H2,1H3,(H3-,17,18,19,20,21,22,23,24,27,28);2H2,1H3,(H2,12,14,16,18)(H,13,15,17,19);3*1H/i/hD3. The number of thioether (sulfide) groups is 3. The maximum atomic E-state index is 12.6. The lowest BCUT2D eigenvalue weighted by atomic mass is 10.3. The smallest absolute Gasteiger partial charge is 0.446 e. The highest BCUT2D eigenvalue weighted by Gasteiger charge is 2.25. The van der Waals surface area contributed by atoms with E-state index in [1.54, 1.807) is 27.3 Å². The van der Waals surface area contributed by atoms with Gasteiger partial charge in [-0.15, -0.1) is 9.97 Å². The number of nitrogens with two attached hydrogens (primary N) is 3. The molecule has 0 radical (unpaired) electrons. The van der Waals surface area contributed by atoms with Crippen LogP contribution in [-0.2, 0) is 14.4 Å². The maximum absolute atomic E-state index is 12.6. The molecule has 486 valence electrons. The Morgan fingerprint density at radius 3 is 1.10 bits per heavy atom. The van der Waals surface area contributed by atoms with Crippen molar-refractivity contribution in [2.45, 2.75) is 15.5 Å². The number of nitrogen functional groups attached to an aromatic ring is 3. The van der Waals surface area contributed by atoms with E-state index in [4.69, 9.17) is 58.4 Å². The SMILES string of the molecule is [2H]Nc1nc(Cl)nc(OC(=O)CSc2nc(Cl)nc(NC)n2)n1.[2H]Nc1nc(OC(=O)CSc2nc(Cl)nc(NC)n2)nc(-[n+]2cccc(C(=O)O)c2)n1.[2H]Nc1nc(OC(=O)CSc2nc(NC)nc(-[n+]3cccc(C(=O)O)c3)n2)nc(-[n+]2cccc(C(=O)O)c2)n1.[Cl-].[Cl-].[Cl-]. The van der Waals surface area contributed by atoms with Crippen molar-refractivity contribution in [3.05, 3.63) is 106 Å². The van der Waals surface area contributed by atoms with Crippen LogP contribution in [0.4, 0.5) is 35.7 Å². The Hall–Kier alpha value is -10.1. The Labute approximate surface area is 570 Å². The van der Waals surface area contributed by atoms with Crippen LogP contribution in [0.3, 0.4) is 0 Å². The van der Waals surface area contributed by atoms with Crippen molar-refractivity contribution >= 4 is 142 Å². The lowest BCUT2D eigenvalue weighted by Crippen LogP contribution is -3.00. The fourth-order valence-corrected chi connectivity index (χ4v) is 8.38. The summed E-state index contributed by atoms with van der Waals surface area (Å²) in [6.45, 7) is 0. The van der Waals surface area contributed by atoms with E-state index >= 15 is 0 Å². The molecule has 0 spiro atoms. The number of esters is 3. The van der Waals surface area contributed by atoms with Crippen molar-refractivity contribution in [3.63, 3.8) is 0 Å². The van der Waals surface area contributed by atoms with Crippen molar-refractivity contribution in [2.75, 3.05) is 71.5 Å². The normalized spacial score (nSPS) is 10.5. The van der Waals surface area contributed by atoms with Gasteiger partial charge in [-0.3, -0.25) is 14.4 Å². The molecule has 0 fully saturated rings. The van der Waals surface area contributed by atoms with Gasteiger partial charge in [0.1, 0.15) is 5.75 Å². The summed E-state index contributed by atoms with van der Waals surface area (Å²) in [5, 5.41) is 36.1. The summed E-state index contributed by atoms with van der Waals surface area (Å²) < 4.78 is 40.7. The van der Waals surface area contributed by atoms with Crippen LogP contribution >= 0.6 is 70.1 Å². The highest BCUT2D eigenvalue weighted by Crippen LogP contribution is 2.21. The number of rotatable bonds is 24. The Morgan fingerprint density at radius 2 is 0.753 bits per heavy atom. The number of carbonyl (C=O) groups excluding carboxylic acids is 3. The summed E-state index contributed by atoms with van der Waals surface area (Å²) in [7, 11) is 4.81. The molecule has 9 heterocycles. The zero-order valence-electron chi connectivity index (χ0n) is 49.4. The third-order valence-electron chi connectivity index (χ3n) is 9.65. The fourth-order valence-electron chi connectivity index (χ4n) is 5.99. The Balaban J connectivity index is 0.000000312. The minimum atomic E-state index is -1.17. The highest BCUT2D eigenvalue weighted by molar-refractivity contribution is 8.00. The largest absolute Gasteiger partial charge is 1.00 e. The van der Waals surface area contributed by atoms with Crippen LogP contribution < -0.4 is 98.3 Å². The molecular weight excluding hydrogens is 1420 g/mol. The van der Waals surface area contributed by atoms with Crippen molar-refractivity contribution in [1.29, 1.82) is 0 Å². The molecule has 0 unspecified atom stereocenters. The Kier molecular flexibility index (Phi) is 27.3. The summed E-state index contributed by atoms with van der Waals surface area (Å²) >= 11 is 20.0. The molecule has 0 aliphatic heterocycles. The third-order valence-corrected chi connectivity index (χ3v) is 12.6. The molecule has 48 heteroatoms. The van der Waals surface area contributed by atoms with Crippen molar-refractivity contribution in [1.82, 2.24) is 89.7 Å². The lowest BCUT2D eigenvalue weighted by Gasteiger charge is -2.04. The second kappa shape index (κ2) is 36.1. The minimum absolute atomic E-state index is 0. The van der Waals surface area contributed by atoms with Crippen LogP contribution in [-0.4, -0.2) is 179 Å². The molecule has 0 aromatic carbocycles. The van der Waals surface area contributed by atoms with E-state index < -0.39 is 41.8 Å². The van der Waals surface area contributed by atoms with Crippen LogP contribution in [0.1, 0.15) is 31.1 Å². The Bertz CT molecular complexity index is 4270. The Morgan fingerprint density at radius 1 is 0.441 bits per heavy atom. The van der Waals surface area contributed by atoms with E-state index in [1.807, 2.05) is 17.2 Å². The van der Waals surface area contributed by atoms with E-state index in [9.17, 15) is 39.0 Å². The van der Waals surface area contributed by atoms with Gasteiger partial charge in [-0.05, 0) is 101 Å². The molecule has 0 amide bonds. The molecule has 0 aliphatic carbocycles. The van der Waals surface area contributed by atoms with Gasteiger partial charge in [0.05, 0.1) is 65.4 Å². The second-order valence-corrected chi connectivity index (χ2v) is 19.7. The van der Waals surface area contributed by atoms with Crippen molar-refractivity contribution < 1.29 is 113 Å². The number of aromatic carboxylic acids is 3. The molecule has 0 bridgehead atoms. The van der Waals surface area contributed by atoms with E-state index in [0.29, 0.717) is 0 Å². The third kappa shape index (κ3) is 23.6. The van der Waals surface area contributed by atoms with Gasteiger partial charge in [-0.1, -0.05) is 35.3 Å². The predicted octanol–water partition coefficient (Wildman–Crippen LogP) is -8.97. The van der Waals surface area contributed by atoms with Crippen LogP contribution in [0, 0.1) is 0 Å². The molecular formula is C45H39Cl6N27O12S3. The van der Waals surface area contributed by atoms with Gasteiger partial charge < -0.3 is 99.9 Å². The van der Waals surface area contributed by atoms with Crippen LogP contribution in [0.25, 0.3) is 17.8 Å². The first kappa shape index (κ1) is 70.4. The molecule has 0 atom stereocenters. The topological polar surface area (TPSA) is 549 Å².